The van der Waals surface area contributed by atoms with Crippen molar-refractivity contribution in [3.63, 3.8) is 0 Å². The number of unbranched alkanes of at least 4 members (excludes halogenated alkanes) is 2. The van der Waals surface area contributed by atoms with Crippen molar-refractivity contribution in [1.29, 1.82) is 0 Å². The van der Waals surface area contributed by atoms with E-state index in [4.69, 9.17) is 9.84 Å². The summed E-state index contributed by atoms with van der Waals surface area (Å²) < 4.78 is 5.12. The van der Waals surface area contributed by atoms with Crippen LogP contribution in [0.15, 0.2) is 30.3 Å². The molecule has 0 bridgehead atoms. The van der Waals surface area contributed by atoms with Crippen molar-refractivity contribution in [1.82, 2.24) is 0 Å². The van der Waals surface area contributed by atoms with Gasteiger partial charge in [-0.3, -0.25) is 0 Å². The quantitative estimate of drug-likeness (QED) is 0.423. The van der Waals surface area contributed by atoms with Gasteiger partial charge in [0.1, 0.15) is 5.75 Å². The van der Waals surface area contributed by atoms with Crippen molar-refractivity contribution in [2.45, 2.75) is 66.2 Å². The van der Waals surface area contributed by atoms with Crippen LogP contribution in [0.25, 0.3) is 11.1 Å². The van der Waals surface area contributed by atoms with Crippen LogP contribution in [-0.2, 0) is 12.8 Å². The lowest BCUT2D eigenvalue weighted by Crippen LogP contribution is -2.08. The molecule has 3 nitrogen and oxygen atoms in total. The van der Waals surface area contributed by atoms with Crippen molar-refractivity contribution in [2.24, 2.45) is 0 Å². The van der Waals surface area contributed by atoms with Gasteiger partial charge in [0, 0.05) is 0 Å². The Morgan fingerprint density at radius 3 is 2.19 bits per heavy atom. The summed E-state index contributed by atoms with van der Waals surface area (Å²) in [5.41, 5.74) is 7.29. The van der Waals surface area contributed by atoms with Gasteiger partial charge in [-0.1, -0.05) is 51.0 Å². The fraction of sp³-hybridized carbons (Fsp3) is 0.435. The van der Waals surface area contributed by atoms with Crippen LogP contribution in [0, 0.1) is 13.8 Å². The van der Waals surface area contributed by atoms with E-state index in [0.717, 1.165) is 44.1 Å². The average Bonchev–Trinajstić information content (AvgIpc) is 2.61. The van der Waals surface area contributed by atoms with Crippen LogP contribution in [0.1, 0.15) is 61.8 Å². The molecule has 3 heteroatoms. The van der Waals surface area contributed by atoms with E-state index in [9.17, 15) is 4.79 Å². The number of carbonyl (C=O) groups is 1. The van der Waals surface area contributed by atoms with E-state index >= 15 is 0 Å². The third-order valence-corrected chi connectivity index (χ3v) is 5.04. The van der Waals surface area contributed by atoms with E-state index in [1.165, 1.54) is 27.8 Å². The molecule has 0 fully saturated rings. The molecule has 0 amide bonds. The van der Waals surface area contributed by atoms with Gasteiger partial charge in [-0.25, -0.2) is 4.79 Å². The largest absolute Gasteiger partial charge is 0.511 e. The third kappa shape index (κ3) is 4.66. The van der Waals surface area contributed by atoms with Crippen LogP contribution in [0.5, 0.6) is 5.75 Å². The van der Waals surface area contributed by atoms with Crippen molar-refractivity contribution in [3.05, 3.63) is 52.6 Å². The monoisotopic (exact) mass is 354 g/mol. The molecule has 0 aliphatic heterocycles. The summed E-state index contributed by atoms with van der Waals surface area (Å²) in [6.45, 7) is 8.62. The van der Waals surface area contributed by atoms with Crippen LogP contribution < -0.4 is 4.74 Å². The molecule has 140 valence electrons. The molecule has 0 radical (unpaired) electrons. The van der Waals surface area contributed by atoms with Crippen molar-refractivity contribution < 1.29 is 14.6 Å². The highest BCUT2D eigenvalue weighted by Crippen LogP contribution is 2.36. The molecule has 26 heavy (non-hydrogen) atoms. The number of aryl methyl sites for hydroxylation is 1. The minimum absolute atomic E-state index is 0.492. The molecule has 2 aromatic carbocycles. The smallest absolute Gasteiger partial charge is 0.449 e. The van der Waals surface area contributed by atoms with Gasteiger partial charge in [0.2, 0.25) is 0 Å². The van der Waals surface area contributed by atoms with E-state index in [2.05, 4.69) is 45.9 Å². The SMILES string of the molecule is CCCCc1c(OC(=O)O)ccc(-c2cccc(C)c2C)c1CCCC. The van der Waals surface area contributed by atoms with Crippen molar-refractivity contribution in [3.8, 4) is 16.9 Å². The Labute approximate surface area is 157 Å². The Hall–Kier alpha value is -2.29. The molecule has 1 N–H and O–H groups in total. The molecule has 2 rings (SSSR count). The summed E-state index contributed by atoms with van der Waals surface area (Å²) in [6, 6.07) is 10.2. The first kappa shape index (κ1) is 20.0. The summed E-state index contributed by atoms with van der Waals surface area (Å²) in [4.78, 5) is 11.2. The van der Waals surface area contributed by atoms with Gasteiger partial charge in [0.05, 0.1) is 0 Å². The number of carboxylic acid groups (broad SMARTS) is 1. The Bertz CT molecular complexity index is 762. The standard InChI is InChI=1S/C23H30O3/c1-5-7-11-19-20(18-13-9-10-16(3)17(18)4)14-15-22(26-23(24)25)21(19)12-8-6-2/h9-10,13-15H,5-8,11-12H2,1-4H3,(H,24,25). The number of hydrogen-bond acceptors (Lipinski definition) is 2. The van der Waals surface area contributed by atoms with Crippen LogP contribution in [0.3, 0.4) is 0 Å². The summed E-state index contributed by atoms with van der Waals surface area (Å²) in [6.07, 6.45) is 4.80. The molecule has 0 atom stereocenters. The number of benzene rings is 2. The maximum atomic E-state index is 11.2. The predicted molar refractivity (Wildman–Crippen MR) is 107 cm³/mol. The van der Waals surface area contributed by atoms with Crippen LogP contribution in [0.2, 0.25) is 0 Å². The topological polar surface area (TPSA) is 46.5 Å². The Morgan fingerprint density at radius 2 is 1.58 bits per heavy atom. The second-order valence-electron chi connectivity index (χ2n) is 6.89. The van der Waals surface area contributed by atoms with E-state index in [1.807, 2.05) is 12.1 Å². The molecule has 0 spiro atoms. The van der Waals surface area contributed by atoms with Gasteiger partial charge in [0.15, 0.2) is 0 Å². The Balaban J connectivity index is 2.66. The molecule has 0 heterocycles. The maximum absolute atomic E-state index is 11.2. The van der Waals surface area contributed by atoms with E-state index in [0.29, 0.717) is 5.75 Å². The summed E-state index contributed by atoms with van der Waals surface area (Å²) in [7, 11) is 0. The summed E-state index contributed by atoms with van der Waals surface area (Å²) in [5, 5.41) is 9.13. The van der Waals surface area contributed by atoms with E-state index in [-0.39, 0.29) is 0 Å². The van der Waals surface area contributed by atoms with Gasteiger partial charge in [0.25, 0.3) is 0 Å². The molecule has 0 aliphatic carbocycles. The van der Waals surface area contributed by atoms with Gasteiger partial charge in [-0.05, 0) is 79.0 Å². The van der Waals surface area contributed by atoms with Gasteiger partial charge in [-0.15, -0.1) is 0 Å². The van der Waals surface area contributed by atoms with Crippen molar-refractivity contribution >= 4 is 6.16 Å². The van der Waals surface area contributed by atoms with Gasteiger partial charge < -0.3 is 9.84 Å². The predicted octanol–water partition coefficient (Wildman–Crippen LogP) is 6.71. The van der Waals surface area contributed by atoms with E-state index < -0.39 is 6.16 Å². The minimum Gasteiger partial charge on any atom is -0.449 e. The summed E-state index contributed by atoms with van der Waals surface area (Å²) in [5.74, 6) is 0.492. The van der Waals surface area contributed by atoms with Crippen molar-refractivity contribution in [2.75, 3.05) is 0 Å². The molecular weight excluding hydrogens is 324 g/mol. The first-order valence-corrected chi connectivity index (χ1v) is 9.61. The lowest BCUT2D eigenvalue weighted by molar-refractivity contribution is 0.144. The third-order valence-electron chi connectivity index (χ3n) is 5.04. The molecule has 0 aliphatic rings. The molecule has 0 saturated carbocycles. The second kappa shape index (κ2) is 9.42. The van der Waals surface area contributed by atoms with Crippen LogP contribution >= 0.6 is 0 Å². The second-order valence-corrected chi connectivity index (χ2v) is 6.89. The first-order valence-electron chi connectivity index (χ1n) is 9.61. The zero-order chi connectivity index (χ0) is 19.1. The van der Waals surface area contributed by atoms with Crippen LogP contribution in [-0.4, -0.2) is 11.3 Å². The number of ether oxygens (including phenoxy) is 1. The Morgan fingerprint density at radius 1 is 0.923 bits per heavy atom. The molecular formula is C23H30O3. The average molecular weight is 354 g/mol. The number of rotatable bonds is 8. The van der Waals surface area contributed by atoms with E-state index in [1.54, 1.807) is 0 Å². The lowest BCUT2D eigenvalue weighted by Gasteiger charge is -2.20. The molecule has 0 saturated heterocycles. The highest BCUT2D eigenvalue weighted by Gasteiger charge is 2.18. The molecule has 0 unspecified atom stereocenters. The zero-order valence-corrected chi connectivity index (χ0v) is 16.4. The van der Waals surface area contributed by atoms with Gasteiger partial charge in [-0.2, -0.15) is 0 Å². The van der Waals surface area contributed by atoms with Crippen LogP contribution in [0.4, 0.5) is 4.79 Å². The highest BCUT2D eigenvalue weighted by molar-refractivity contribution is 5.75. The summed E-state index contributed by atoms with van der Waals surface area (Å²) >= 11 is 0. The molecule has 2 aromatic rings. The fourth-order valence-corrected chi connectivity index (χ4v) is 3.42. The first-order chi connectivity index (χ1) is 12.5. The van der Waals surface area contributed by atoms with Gasteiger partial charge >= 0.3 is 6.16 Å². The highest BCUT2D eigenvalue weighted by atomic mass is 16.7. The fourth-order valence-electron chi connectivity index (χ4n) is 3.42. The molecule has 0 aromatic heterocycles. The minimum atomic E-state index is -1.25. The zero-order valence-electron chi connectivity index (χ0n) is 16.4. The Kier molecular flexibility index (Phi) is 7.26. The normalized spacial score (nSPS) is 10.8. The number of hydrogen-bond donors (Lipinski definition) is 1. The maximum Gasteiger partial charge on any atom is 0.511 e. The lowest BCUT2D eigenvalue weighted by atomic mass is 9.87.